The SMILES string of the molecule is CNCCc1cnc2cc[nH]c2c1. The van der Waals surface area contributed by atoms with E-state index in [0.717, 1.165) is 24.0 Å². The largest absolute Gasteiger partial charge is 0.360 e. The van der Waals surface area contributed by atoms with E-state index in [1.807, 2.05) is 25.5 Å². The number of nitrogens with zero attached hydrogens (tertiary/aromatic N) is 1. The second-order valence-electron chi connectivity index (χ2n) is 3.11. The van der Waals surface area contributed by atoms with Crippen LogP contribution in [0.25, 0.3) is 11.0 Å². The minimum absolute atomic E-state index is 0.994. The Labute approximate surface area is 77.2 Å². The summed E-state index contributed by atoms with van der Waals surface area (Å²) in [6.07, 6.45) is 4.88. The van der Waals surface area contributed by atoms with Gasteiger partial charge in [0.05, 0.1) is 11.0 Å². The van der Waals surface area contributed by atoms with Gasteiger partial charge < -0.3 is 10.3 Å². The molecule has 3 heteroatoms. The maximum atomic E-state index is 4.34. The summed E-state index contributed by atoms with van der Waals surface area (Å²) in [5, 5.41) is 3.12. The first-order valence-corrected chi connectivity index (χ1v) is 4.47. The van der Waals surface area contributed by atoms with Crippen LogP contribution < -0.4 is 5.32 Å². The fraction of sp³-hybridized carbons (Fsp3) is 0.300. The van der Waals surface area contributed by atoms with Gasteiger partial charge in [-0.25, -0.2) is 0 Å². The predicted octanol–water partition coefficient (Wildman–Crippen LogP) is 1.32. The number of likely N-dealkylation sites (N-methyl/N-ethyl adjacent to an activating group) is 1. The molecule has 0 aliphatic carbocycles. The van der Waals surface area contributed by atoms with Crippen molar-refractivity contribution in [1.82, 2.24) is 15.3 Å². The zero-order chi connectivity index (χ0) is 9.10. The smallest absolute Gasteiger partial charge is 0.0878 e. The highest BCUT2D eigenvalue weighted by Gasteiger charge is 1.97. The third-order valence-corrected chi connectivity index (χ3v) is 2.12. The number of aromatic amines is 1. The number of pyridine rings is 1. The summed E-state index contributed by atoms with van der Waals surface area (Å²) in [4.78, 5) is 7.49. The van der Waals surface area contributed by atoms with Gasteiger partial charge in [-0.15, -0.1) is 0 Å². The Morgan fingerprint density at radius 2 is 2.46 bits per heavy atom. The zero-order valence-corrected chi connectivity index (χ0v) is 7.67. The second kappa shape index (κ2) is 3.58. The summed E-state index contributed by atoms with van der Waals surface area (Å²) in [6, 6.07) is 4.14. The summed E-state index contributed by atoms with van der Waals surface area (Å²) in [6.45, 7) is 0.994. The highest BCUT2D eigenvalue weighted by atomic mass is 14.8. The number of fused-ring (bicyclic) bond motifs is 1. The van der Waals surface area contributed by atoms with E-state index in [1.54, 1.807) is 0 Å². The van der Waals surface area contributed by atoms with Gasteiger partial charge >= 0.3 is 0 Å². The van der Waals surface area contributed by atoms with E-state index in [0.29, 0.717) is 0 Å². The highest BCUT2D eigenvalue weighted by Crippen LogP contribution is 2.10. The molecule has 2 rings (SSSR count). The van der Waals surface area contributed by atoms with Gasteiger partial charge in [-0.3, -0.25) is 4.98 Å². The molecule has 3 nitrogen and oxygen atoms in total. The molecule has 0 atom stereocenters. The Bertz CT molecular complexity index is 392. The Kier molecular flexibility index (Phi) is 2.27. The van der Waals surface area contributed by atoms with Gasteiger partial charge in [0.25, 0.3) is 0 Å². The van der Waals surface area contributed by atoms with Gasteiger partial charge in [0.15, 0.2) is 0 Å². The molecule has 0 bridgehead atoms. The van der Waals surface area contributed by atoms with E-state index >= 15 is 0 Å². The monoisotopic (exact) mass is 175 g/mol. The third kappa shape index (κ3) is 1.70. The van der Waals surface area contributed by atoms with Crippen molar-refractivity contribution in [3.63, 3.8) is 0 Å². The number of hydrogen-bond acceptors (Lipinski definition) is 2. The molecule has 2 N–H and O–H groups in total. The first-order valence-electron chi connectivity index (χ1n) is 4.47. The molecular weight excluding hydrogens is 162 g/mol. The maximum absolute atomic E-state index is 4.34. The molecule has 2 heterocycles. The lowest BCUT2D eigenvalue weighted by Crippen LogP contribution is -2.10. The van der Waals surface area contributed by atoms with Crippen LogP contribution in [-0.4, -0.2) is 23.6 Å². The van der Waals surface area contributed by atoms with Gasteiger partial charge in [0.1, 0.15) is 0 Å². The van der Waals surface area contributed by atoms with Crippen molar-refractivity contribution >= 4 is 11.0 Å². The summed E-state index contributed by atoms with van der Waals surface area (Å²) in [5.41, 5.74) is 3.42. The minimum atomic E-state index is 0.994. The van der Waals surface area contributed by atoms with Crippen LogP contribution in [0.1, 0.15) is 5.56 Å². The number of aromatic nitrogens is 2. The molecule has 0 fully saturated rings. The summed E-state index contributed by atoms with van der Waals surface area (Å²) < 4.78 is 0. The zero-order valence-electron chi connectivity index (χ0n) is 7.67. The van der Waals surface area contributed by atoms with E-state index in [1.165, 1.54) is 5.56 Å². The van der Waals surface area contributed by atoms with Crippen molar-refractivity contribution in [2.75, 3.05) is 13.6 Å². The quantitative estimate of drug-likeness (QED) is 0.738. The molecule has 0 amide bonds. The van der Waals surface area contributed by atoms with Crippen LogP contribution in [0.3, 0.4) is 0 Å². The van der Waals surface area contributed by atoms with Crippen molar-refractivity contribution in [2.24, 2.45) is 0 Å². The van der Waals surface area contributed by atoms with Crippen LogP contribution in [0, 0.1) is 0 Å². The van der Waals surface area contributed by atoms with Crippen LogP contribution in [0.4, 0.5) is 0 Å². The number of H-pyrrole nitrogens is 1. The van der Waals surface area contributed by atoms with E-state index in [-0.39, 0.29) is 0 Å². The summed E-state index contributed by atoms with van der Waals surface area (Å²) in [7, 11) is 1.96. The molecule has 0 aliphatic rings. The average Bonchev–Trinajstić information content (AvgIpc) is 2.61. The first kappa shape index (κ1) is 8.26. The minimum Gasteiger partial charge on any atom is -0.360 e. The molecule has 68 valence electrons. The molecule has 2 aromatic rings. The fourth-order valence-corrected chi connectivity index (χ4v) is 1.38. The van der Waals surface area contributed by atoms with Gasteiger partial charge in [-0.2, -0.15) is 0 Å². The van der Waals surface area contributed by atoms with Gasteiger partial charge in [-0.05, 0) is 37.7 Å². The van der Waals surface area contributed by atoms with Crippen molar-refractivity contribution in [3.8, 4) is 0 Å². The molecule has 0 saturated heterocycles. The average molecular weight is 175 g/mol. The topological polar surface area (TPSA) is 40.7 Å². The van der Waals surface area contributed by atoms with Crippen LogP contribution in [0.15, 0.2) is 24.5 Å². The maximum Gasteiger partial charge on any atom is 0.0878 e. The Hall–Kier alpha value is -1.35. The van der Waals surface area contributed by atoms with Crippen LogP contribution in [0.2, 0.25) is 0 Å². The van der Waals surface area contributed by atoms with E-state index in [2.05, 4.69) is 21.4 Å². The van der Waals surface area contributed by atoms with E-state index in [9.17, 15) is 0 Å². The van der Waals surface area contributed by atoms with Crippen LogP contribution in [0.5, 0.6) is 0 Å². The molecule has 0 spiro atoms. The lowest BCUT2D eigenvalue weighted by molar-refractivity contribution is 0.790. The Morgan fingerprint density at radius 3 is 3.31 bits per heavy atom. The lowest BCUT2D eigenvalue weighted by Gasteiger charge is -1.99. The summed E-state index contributed by atoms with van der Waals surface area (Å²) in [5.74, 6) is 0. The first-order chi connectivity index (χ1) is 6.40. The normalized spacial score (nSPS) is 10.8. The molecular formula is C10H13N3. The van der Waals surface area contributed by atoms with E-state index in [4.69, 9.17) is 0 Å². The van der Waals surface area contributed by atoms with Crippen molar-refractivity contribution in [1.29, 1.82) is 0 Å². The van der Waals surface area contributed by atoms with Gasteiger partial charge in [0.2, 0.25) is 0 Å². The molecule has 13 heavy (non-hydrogen) atoms. The molecule has 0 aliphatic heterocycles. The Balaban J connectivity index is 2.26. The van der Waals surface area contributed by atoms with Crippen molar-refractivity contribution in [3.05, 3.63) is 30.1 Å². The molecule has 2 aromatic heterocycles. The molecule has 0 radical (unpaired) electrons. The fourth-order valence-electron chi connectivity index (χ4n) is 1.38. The van der Waals surface area contributed by atoms with Gasteiger partial charge in [0, 0.05) is 12.4 Å². The molecule has 0 aromatic carbocycles. The highest BCUT2D eigenvalue weighted by molar-refractivity contribution is 5.74. The third-order valence-electron chi connectivity index (χ3n) is 2.12. The van der Waals surface area contributed by atoms with Gasteiger partial charge in [-0.1, -0.05) is 0 Å². The number of rotatable bonds is 3. The van der Waals surface area contributed by atoms with Crippen molar-refractivity contribution < 1.29 is 0 Å². The number of nitrogens with one attached hydrogen (secondary N) is 2. The summed E-state index contributed by atoms with van der Waals surface area (Å²) >= 11 is 0. The predicted molar refractivity (Wildman–Crippen MR) is 53.7 cm³/mol. The standard InChI is InChI=1S/C10H13N3/c1-11-4-2-8-6-10-9(13-7-8)3-5-12-10/h3,5-7,11-12H,2,4H2,1H3. The second-order valence-corrected chi connectivity index (χ2v) is 3.11. The molecule has 0 saturated carbocycles. The van der Waals surface area contributed by atoms with Crippen LogP contribution in [-0.2, 0) is 6.42 Å². The van der Waals surface area contributed by atoms with Crippen LogP contribution >= 0.6 is 0 Å². The van der Waals surface area contributed by atoms with E-state index < -0.39 is 0 Å². The Morgan fingerprint density at radius 1 is 1.54 bits per heavy atom. The molecule has 0 unspecified atom stereocenters. The van der Waals surface area contributed by atoms with Crippen molar-refractivity contribution in [2.45, 2.75) is 6.42 Å². The lowest BCUT2D eigenvalue weighted by atomic mass is 10.2. The number of hydrogen-bond donors (Lipinski definition) is 2.